The van der Waals surface area contributed by atoms with Crippen molar-refractivity contribution in [2.75, 3.05) is 25.7 Å². The molecule has 9 heteroatoms. The maximum absolute atomic E-state index is 13.9. The van der Waals surface area contributed by atoms with Gasteiger partial charge in [0.05, 0.1) is 48.0 Å². The second kappa shape index (κ2) is 8.94. The molecule has 0 radical (unpaired) electrons. The second-order valence-corrected chi connectivity index (χ2v) is 9.43. The Morgan fingerprint density at radius 2 is 1.84 bits per heavy atom. The van der Waals surface area contributed by atoms with Crippen LogP contribution in [-0.4, -0.2) is 31.7 Å². The van der Waals surface area contributed by atoms with E-state index in [2.05, 4.69) is 0 Å². The number of rotatable bonds is 6. The van der Waals surface area contributed by atoms with E-state index in [9.17, 15) is 9.59 Å². The average molecular weight is 515 g/mol. The van der Waals surface area contributed by atoms with Gasteiger partial charge in [0.2, 0.25) is 5.76 Å². The lowest BCUT2D eigenvalue weighted by atomic mass is 9.98. The van der Waals surface area contributed by atoms with Crippen molar-refractivity contribution >= 4 is 43.6 Å². The molecule has 5 aromatic rings. The minimum absolute atomic E-state index is 0.0124. The van der Waals surface area contributed by atoms with Crippen LogP contribution in [0.15, 0.2) is 69.9 Å². The van der Waals surface area contributed by atoms with Gasteiger partial charge < -0.3 is 18.6 Å². The zero-order valence-corrected chi connectivity index (χ0v) is 21.1. The Kier molecular flexibility index (Phi) is 5.57. The van der Waals surface area contributed by atoms with Gasteiger partial charge in [-0.05, 0) is 55.0 Å². The van der Waals surface area contributed by atoms with E-state index in [-0.39, 0.29) is 16.8 Å². The van der Waals surface area contributed by atoms with Crippen molar-refractivity contribution in [1.82, 2.24) is 4.98 Å². The molecule has 1 atom stereocenters. The van der Waals surface area contributed by atoms with Gasteiger partial charge in [-0.1, -0.05) is 29.5 Å². The Hall–Kier alpha value is -4.37. The molecule has 0 spiro atoms. The Morgan fingerprint density at radius 1 is 1.00 bits per heavy atom. The van der Waals surface area contributed by atoms with Crippen LogP contribution in [-0.2, 0) is 0 Å². The molecule has 186 valence electrons. The fraction of sp³-hybridized carbons (Fsp3) is 0.179. The summed E-state index contributed by atoms with van der Waals surface area (Å²) < 4.78 is 23.5. The first-order valence-corrected chi connectivity index (χ1v) is 12.5. The summed E-state index contributed by atoms with van der Waals surface area (Å²) in [6.45, 7) is 2.36. The summed E-state index contributed by atoms with van der Waals surface area (Å²) >= 11 is 1.34. The molecule has 0 aliphatic carbocycles. The van der Waals surface area contributed by atoms with Crippen molar-refractivity contribution < 1.29 is 23.4 Å². The standard InChI is InChI=1S/C28H22N2O6S/c1-4-35-20-12-9-15(13-21(20)34-3)24-23-25(31)17-7-5-6-8-19(17)36-26(23)27(32)30(24)28-29-18-11-10-16(33-2)14-22(18)37-28/h5-14,24H,4H2,1-3H3/t24-/m1/s1. The van der Waals surface area contributed by atoms with E-state index in [1.54, 1.807) is 50.6 Å². The molecular formula is C28H22N2O6S. The molecule has 1 amide bonds. The largest absolute Gasteiger partial charge is 0.497 e. The van der Waals surface area contributed by atoms with Crippen molar-refractivity contribution in [3.05, 3.63) is 87.8 Å². The molecule has 0 saturated carbocycles. The van der Waals surface area contributed by atoms with E-state index in [0.29, 0.717) is 45.5 Å². The highest BCUT2D eigenvalue weighted by atomic mass is 32.1. The lowest BCUT2D eigenvalue weighted by Gasteiger charge is -2.23. The number of fused-ring (bicyclic) bond motifs is 3. The lowest BCUT2D eigenvalue weighted by Crippen LogP contribution is -2.29. The molecule has 1 aliphatic rings. The first-order chi connectivity index (χ1) is 18.0. The number of thiazole rings is 1. The van der Waals surface area contributed by atoms with Crippen molar-refractivity contribution in [1.29, 1.82) is 0 Å². The minimum Gasteiger partial charge on any atom is -0.497 e. The van der Waals surface area contributed by atoms with Gasteiger partial charge in [0.25, 0.3) is 5.91 Å². The average Bonchev–Trinajstić information content (AvgIpc) is 3.47. The van der Waals surface area contributed by atoms with E-state index < -0.39 is 11.9 Å². The smallest absolute Gasteiger partial charge is 0.297 e. The number of para-hydroxylation sites is 1. The summed E-state index contributed by atoms with van der Waals surface area (Å²) in [5, 5.41) is 0.855. The molecule has 1 aliphatic heterocycles. The zero-order valence-electron chi connectivity index (χ0n) is 20.3. The molecular weight excluding hydrogens is 492 g/mol. The number of hydrogen-bond donors (Lipinski definition) is 0. The third-order valence-electron chi connectivity index (χ3n) is 6.37. The number of methoxy groups -OCH3 is 2. The predicted octanol–water partition coefficient (Wildman–Crippen LogP) is 5.57. The van der Waals surface area contributed by atoms with Crippen molar-refractivity contribution in [2.45, 2.75) is 13.0 Å². The molecule has 8 nitrogen and oxygen atoms in total. The van der Waals surface area contributed by atoms with Crippen LogP contribution in [0.3, 0.4) is 0 Å². The number of ether oxygens (including phenoxy) is 3. The number of carbonyl (C=O) groups is 1. The number of benzene rings is 3. The van der Waals surface area contributed by atoms with Crippen LogP contribution in [0.25, 0.3) is 21.2 Å². The number of anilines is 1. The quantitative estimate of drug-likeness (QED) is 0.293. The van der Waals surface area contributed by atoms with Crippen LogP contribution in [0, 0.1) is 0 Å². The van der Waals surface area contributed by atoms with Crippen LogP contribution in [0.5, 0.6) is 17.2 Å². The van der Waals surface area contributed by atoms with Crippen LogP contribution in [0.1, 0.15) is 34.6 Å². The number of aromatic nitrogens is 1. The van der Waals surface area contributed by atoms with E-state index in [0.717, 1.165) is 10.2 Å². The SMILES string of the molecule is CCOc1ccc([C@@H]2c3c(oc4ccccc4c3=O)C(=O)N2c2nc3ccc(OC)cc3s2)cc1OC. The van der Waals surface area contributed by atoms with Crippen molar-refractivity contribution in [3.8, 4) is 17.2 Å². The normalized spacial score (nSPS) is 14.8. The molecule has 0 saturated heterocycles. The highest BCUT2D eigenvalue weighted by molar-refractivity contribution is 7.22. The zero-order chi connectivity index (χ0) is 25.7. The van der Waals surface area contributed by atoms with Crippen LogP contribution in [0.2, 0.25) is 0 Å². The summed E-state index contributed by atoms with van der Waals surface area (Å²) in [6, 6.07) is 17.1. The minimum atomic E-state index is -0.768. The van der Waals surface area contributed by atoms with Crippen molar-refractivity contribution in [2.24, 2.45) is 0 Å². The Bertz CT molecular complexity index is 1740. The summed E-state index contributed by atoms with van der Waals surface area (Å²) in [6.07, 6.45) is 0. The first-order valence-electron chi connectivity index (χ1n) is 11.7. The topological polar surface area (TPSA) is 91.1 Å². The fourth-order valence-electron chi connectivity index (χ4n) is 4.68. The highest BCUT2D eigenvalue weighted by Crippen LogP contribution is 2.45. The van der Waals surface area contributed by atoms with E-state index in [4.69, 9.17) is 23.6 Å². The Morgan fingerprint density at radius 3 is 2.62 bits per heavy atom. The fourth-order valence-corrected chi connectivity index (χ4v) is 5.70. The third kappa shape index (κ3) is 3.62. The van der Waals surface area contributed by atoms with Gasteiger partial charge in [-0.2, -0.15) is 0 Å². The van der Waals surface area contributed by atoms with Crippen LogP contribution < -0.4 is 24.5 Å². The van der Waals surface area contributed by atoms with E-state index in [1.807, 2.05) is 31.2 Å². The third-order valence-corrected chi connectivity index (χ3v) is 7.39. The first kappa shape index (κ1) is 23.1. The van der Waals surface area contributed by atoms with Crippen molar-refractivity contribution in [3.63, 3.8) is 0 Å². The molecule has 3 aromatic carbocycles. The number of nitrogens with zero attached hydrogens (tertiary/aromatic N) is 2. The maximum atomic E-state index is 13.9. The molecule has 6 rings (SSSR count). The number of hydrogen-bond acceptors (Lipinski definition) is 8. The van der Waals surface area contributed by atoms with Gasteiger partial charge in [0, 0.05) is 0 Å². The van der Waals surface area contributed by atoms with Gasteiger partial charge in [-0.3, -0.25) is 14.5 Å². The molecule has 0 unspecified atom stereocenters. The highest BCUT2D eigenvalue weighted by Gasteiger charge is 2.45. The second-order valence-electron chi connectivity index (χ2n) is 8.42. The summed E-state index contributed by atoms with van der Waals surface area (Å²) in [5.41, 5.74) is 1.77. The van der Waals surface area contributed by atoms with E-state index >= 15 is 0 Å². The van der Waals surface area contributed by atoms with Gasteiger partial charge in [0.15, 0.2) is 22.1 Å². The van der Waals surface area contributed by atoms with Gasteiger partial charge in [-0.15, -0.1) is 0 Å². The maximum Gasteiger partial charge on any atom is 0.297 e. The molecule has 0 fully saturated rings. The molecule has 0 bridgehead atoms. The lowest BCUT2D eigenvalue weighted by molar-refractivity contribution is 0.0971. The molecule has 37 heavy (non-hydrogen) atoms. The number of carbonyl (C=O) groups excluding carboxylic acids is 1. The Balaban J connectivity index is 1.60. The summed E-state index contributed by atoms with van der Waals surface area (Å²) in [5.74, 6) is 1.34. The Labute approximate surface area is 215 Å². The molecule has 2 aromatic heterocycles. The predicted molar refractivity (Wildman–Crippen MR) is 141 cm³/mol. The molecule has 3 heterocycles. The van der Waals surface area contributed by atoms with Gasteiger partial charge in [-0.25, -0.2) is 4.98 Å². The van der Waals surface area contributed by atoms with Gasteiger partial charge >= 0.3 is 0 Å². The monoisotopic (exact) mass is 514 g/mol. The summed E-state index contributed by atoms with van der Waals surface area (Å²) in [7, 11) is 3.15. The molecule has 0 N–H and O–H groups in total. The van der Waals surface area contributed by atoms with E-state index in [1.165, 1.54) is 16.2 Å². The summed E-state index contributed by atoms with van der Waals surface area (Å²) in [4.78, 5) is 33.9. The number of amides is 1. The van der Waals surface area contributed by atoms with Crippen LogP contribution >= 0.6 is 11.3 Å². The van der Waals surface area contributed by atoms with Crippen LogP contribution in [0.4, 0.5) is 5.13 Å². The van der Waals surface area contributed by atoms with Gasteiger partial charge in [0.1, 0.15) is 11.3 Å².